The van der Waals surface area contributed by atoms with E-state index in [9.17, 15) is 14.4 Å². The van der Waals surface area contributed by atoms with Gasteiger partial charge < -0.3 is 14.8 Å². The first-order chi connectivity index (χ1) is 10.9. The summed E-state index contributed by atoms with van der Waals surface area (Å²) >= 11 is 0. The Bertz CT molecular complexity index is 784. The van der Waals surface area contributed by atoms with E-state index in [1.54, 1.807) is 41.1 Å². The number of rotatable bonds is 6. The summed E-state index contributed by atoms with van der Waals surface area (Å²) in [6, 6.07) is 10.2. The smallest absolute Gasteiger partial charge is 0.371 e. The molecule has 118 valence electrons. The number of aliphatic hydroxyl groups is 1. The molecule has 2 aromatic rings. The summed E-state index contributed by atoms with van der Waals surface area (Å²) in [5.74, 6) is -3.19. The highest BCUT2D eigenvalue weighted by Gasteiger charge is 2.13. The summed E-state index contributed by atoms with van der Waals surface area (Å²) in [4.78, 5) is 33.8. The topological polar surface area (TPSA) is 96.6 Å². The highest BCUT2D eigenvalue weighted by Crippen LogP contribution is 2.11. The molecule has 6 heteroatoms. The van der Waals surface area contributed by atoms with Crippen LogP contribution in [0.2, 0.25) is 0 Å². The molecule has 0 aliphatic rings. The molecule has 0 fully saturated rings. The summed E-state index contributed by atoms with van der Waals surface area (Å²) in [6.07, 6.45) is 2.35. The molecule has 0 saturated carbocycles. The van der Waals surface area contributed by atoms with Crippen LogP contribution in [0.25, 0.3) is 0 Å². The lowest BCUT2D eigenvalue weighted by molar-refractivity contribution is -0.135. The molecule has 0 aliphatic heterocycles. The Morgan fingerprint density at radius 1 is 1.09 bits per heavy atom. The number of allylic oxidation sites excluding steroid dienone is 1. The van der Waals surface area contributed by atoms with Gasteiger partial charge >= 0.3 is 5.97 Å². The van der Waals surface area contributed by atoms with Crippen LogP contribution in [0.15, 0.2) is 54.4 Å². The number of Topliss-reactive ketones (excluding diaryl/α,β-unsaturated/α-hetero) is 1. The number of benzene rings is 1. The van der Waals surface area contributed by atoms with Crippen LogP contribution in [0, 0.1) is 0 Å². The maximum atomic E-state index is 12.0. The quantitative estimate of drug-likeness (QED) is 0.485. The molecular formula is C17H15NO5. The molecule has 0 aliphatic carbocycles. The van der Waals surface area contributed by atoms with Crippen molar-refractivity contribution in [2.24, 2.45) is 0 Å². The van der Waals surface area contributed by atoms with Crippen LogP contribution in [0.5, 0.6) is 0 Å². The van der Waals surface area contributed by atoms with Gasteiger partial charge in [0.25, 0.3) is 0 Å². The van der Waals surface area contributed by atoms with Crippen LogP contribution < -0.4 is 0 Å². The molecule has 0 bridgehead atoms. The van der Waals surface area contributed by atoms with E-state index in [4.69, 9.17) is 10.2 Å². The summed E-state index contributed by atoms with van der Waals surface area (Å²) in [7, 11) is 0. The minimum Gasteiger partial charge on any atom is -0.502 e. The van der Waals surface area contributed by atoms with Crippen LogP contribution in [-0.4, -0.2) is 32.3 Å². The van der Waals surface area contributed by atoms with E-state index >= 15 is 0 Å². The van der Waals surface area contributed by atoms with Gasteiger partial charge in [0.2, 0.25) is 11.5 Å². The molecule has 2 N–H and O–H groups in total. The van der Waals surface area contributed by atoms with Crippen molar-refractivity contribution < 1.29 is 24.6 Å². The second-order valence-electron chi connectivity index (χ2n) is 4.97. The number of nitrogens with zero attached hydrogens (tertiary/aromatic N) is 1. The average molecular weight is 313 g/mol. The van der Waals surface area contributed by atoms with Gasteiger partial charge in [-0.15, -0.1) is 0 Å². The van der Waals surface area contributed by atoms with Crippen LogP contribution in [-0.2, 0) is 11.3 Å². The Kier molecular flexibility index (Phi) is 4.75. The van der Waals surface area contributed by atoms with Crippen LogP contribution >= 0.6 is 0 Å². The average Bonchev–Trinajstić information content (AvgIpc) is 2.95. The first-order valence-corrected chi connectivity index (χ1v) is 6.82. The lowest BCUT2D eigenvalue weighted by Gasteiger charge is -2.08. The number of hydrogen-bond donors (Lipinski definition) is 2. The fraction of sp³-hybridized carbons (Fsp3) is 0.118. The number of aliphatic carboxylic acids is 1. The first-order valence-electron chi connectivity index (χ1n) is 6.82. The highest BCUT2D eigenvalue weighted by molar-refractivity contribution is 6.06. The number of carboxylic acids is 1. The van der Waals surface area contributed by atoms with Crippen molar-refractivity contribution in [2.45, 2.75) is 13.5 Å². The van der Waals surface area contributed by atoms with Crippen LogP contribution in [0.3, 0.4) is 0 Å². The van der Waals surface area contributed by atoms with Crippen LogP contribution in [0.1, 0.15) is 33.3 Å². The van der Waals surface area contributed by atoms with Crippen molar-refractivity contribution in [3.8, 4) is 0 Å². The fourth-order valence-electron chi connectivity index (χ4n) is 2.08. The summed E-state index contributed by atoms with van der Waals surface area (Å²) in [6.45, 7) is 1.87. The summed E-state index contributed by atoms with van der Waals surface area (Å²) in [5, 5.41) is 17.8. The number of carbonyl (C=O) groups is 3. The number of carboxylic acid groups (broad SMARTS) is 1. The maximum absolute atomic E-state index is 12.0. The van der Waals surface area contributed by atoms with Crippen molar-refractivity contribution in [3.05, 3.63) is 71.3 Å². The van der Waals surface area contributed by atoms with E-state index < -0.39 is 17.5 Å². The number of aromatic nitrogens is 1. The second kappa shape index (κ2) is 6.74. The van der Waals surface area contributed by atoms with E-state index in [0.717, 1.165) is 5.56 Å². The van der Waals surface area contributed by atoms with Gasteiger partial charge in [-0.3, -0.25) is 9.59 Å². The molecule has 0 unspecified atom stereocenters. The van der Waals surface area contributed by atoms with Crippen molar-refractivity contribution in [1.29, 1.82) is 0 Å². The standard InChI is InChI=1S/C17H15NO5/c1-11(19)13-6-4-12(5-7-13)10-18-8-2-3-14(18)15(20)9-16(21)17(22)23/h2-9,21H,10H2,1H3,(H,22,23). The largest absolute Gasteiger partial charge is 0.502 e. The van der Waals surface area contributed by atoms with Crippen LogP contribution in [0.4, 0.5) is 0 Å². The molecule has 1 heterocycles. The molecule has 0 saturated heterocycles. The van der Waals surface area contributed by atoms with Gasteiger partial charge in [0.15, 0.2) is 5.78 Å². The minimum atomic E-state index is -1.56. The normalized spacial score (nSPS) is 11.3. The van der Waals surface area contributed by atoms with E-state index in [2.05, 4.69) is 0 Å². The zero-order valence-electron chi connectivity index (χ0n) is 12.4. The summed E-state index contributed by atoms with van der Waals surface area (Å²) in [5.41, 5.74) is 1.74. The lowest BCUT2D eigenvalue weighted by Crippen LogP contribution is -2.10. The highest BCUT2D eigenvalue weighted by atomic mass is 16.4. The Hall–Kier alpha value is -3.15. The van der Waals surface area contributed by atoms with Crippen molar-refractivity contribution in [2.75, 3.05) is 0 Å². The second-order valence-corrected chi connectivity index (χ2v) is 4.97. The molecular weight excluding hydrogens is 298 g/mol. The van der Waals surface area contributed by atoms with E-state index in [1.807, 2.05) is 0 Å². The lowest BCUT2D eigenvalue weighted by atomic mass is 10.1. The van der Waals surface area contributed by atoms with Gasteiger partial charge in [0.05, 0.1) is 5.69 Å². The molecule has 2 rings (SSSR count). The number of aliphatic hydroxyl groups excluding tert-OH is 1. The molecule has 0 atom stereocenters. The van der Waals surface area contributed by atoms with Gasteiger partial charge in [-0.25, -0.2) is 4.79 Å². The number of ketones is 2. The number of hydrogen-bond acceptors (Lipinski definition) is 4. The van der Waals surface area contributed by atoms with Crippen molar-refractivity contribution >= 4 is 17.5 Å². The SMILES string of the molecule is CC(=O)c1ccc(Cn2cccc2C(=O)C=C(O)C(=O)O)cc1. The van der Waals surface area contributed by atoms with E-state index in [1.165, 1.54) is 13.0 Å². The molecule has 6 nitrogen and oxygen atoms in total. The zero-order valence-corrected chi connectivity index (χ0v) is 12.4. The van der Waals surface area contributed by atoms with Gasteiger partial charge in [0, 0.05) is 24.4 Å². The van der Waals surface area contributed by atoms with Gasteiger partial charge in [-0.05, 0) is 24.6 Å². The first kappa shape index (κ1) is 16.2. The predicted molar refractivity (Wildman–Crippen MR) is 82.7 cm³/mol. The van der Waals surface area contributed by atoms with Crippen molar-refractivity contribution in [3.63, 3.8) is 0 Å². The minimum absolute atomic E-state index is 0.0253. The Morgan fingerprint density at radius 3 is 2.30 bits per heavy atom. The van der Waals surface area contributed by atoms with Crippen molar-refractivity contribution in [1.82, 2.24) is 4.57 Å². The third-order valence-corrected chi connectivity index (χ3v) is 3.28. The predicted octanol–water partition coefficient (Wildman–Crippen LogP) is 2.45. The van der Waals surface area contributed by atoms with Gasteiger partial charge in [-0.1, -0.05) is 24.3 Å². The van der Waals surface area contributed by atoms with E-state index in [0.29, 0.717) is 18.2 Å². The third-order valence-electron chi connectivity index (χ3n) is 3.28. The van der Waals surface area contributed by atoms with Gasteiger partial charge in [0.1, 0.15) is 0 Å². The van der Waals surface area contributed by atoms with E-state index in [-0.39, 0.29) is 11.5 Å². The molecule has 1 aromatic heterocycles. The molecule has 0 radical (unpaired) electrons. The Morgan fingerprint density at radius 2 is 1.74 bits per heavy atom. The molecule has 0 amide bonds. The molecule has 0 spiro atoms. The fourth-order valence-corrected chi connectivity index (χ4v) is 2.08. The Balaban J connectivity index is 2.21. The molecule has 23 heavy (non-hydrogen) atoms. The maximum Gasteiger partial charge on any atom is 0.371 e. The monoisotopic (exact) mass is 313 g/mol. The molecule has 1 aromatic carbocycles. The van der Waals surface area contributed by atoms with Gasteiger partial charge in [-0.2, -0.15) is 0 Å². The zero-order chi connectivity index (χ0) is 17.0. The number of carbonyl (C=O) groups excluding carboxylic acids is 2. The Labute approximate surface area is 132 Å². The third kappa shape index (κ3) is 3.94. The summed E-state index contributed by atoms with van der Waals surface area (Å²) < 4.78 is 1.64.